The average molecular weight is 335 g/mol. The summed E-state index contributed by atoms with van der Waals surface area (Å²) in [5.74, 6) is 0.00195. The number of benzene rings is 1. The summed E-state index contributed by atoms with van der Waals surface area (Å²) in [5, 5.41) is 0. The molecule has 0 aliphatic heterocycles. The largest absolute Gasteiger partial charge is 0.353 e. The Bertz CT molecular complexity index is 751. The zero-order valence-electron chi connectivity index (χ0n) is 14.2. The molecule has 0 saturated carbocycles. The fourth-order valence-corrected chi connectivity index (χ4v) is 3.78. The van der Waals surface area contributed by atoms with E-state index in [1.807, 2.05) is 80.1 Å². The molecule has 6 heteroatoms. The van der Waals surface area contributed by atoms with Gasteiger partial charge >= 0.3 is 0 Å². The highest BCUT2D eigenvalue weighted by Crippen LogP contribution is 2.18. The molecule has 1 N–H and O–H groups in total. The van der Waals surface area contributed by atoms with Gasteiger partial charge in [0.15, 0.2) is 0 Å². The number of sulfonamides is 1. The second-order valence-corrected chi connectivity index (χ2v) is 7.93. The van der Waals surface area contributed by atoms with Crippen LogP contribution >= 0.6 is 0 Å². The highest BCUT2D eigenvalue weighted by Gasteiger charge is 2.20. The summed E-state index contributed by atoms with van der Waals surface area (Å²) in [6.45, 7) is 2.31. The molecule has 1 atom stereocenters. The Balaban J connectivity index is 2.06. The monoisotopic (exact) mass is 335 g/mol. The van der Waals surface area contributed by atoms with E-state index in [1.165, 1.54) is 0 Å². The summed E-state index contributed by atoms with van der Waals surface area (Å²) in [6, 6.07) is 11.6. The summed E-state index contributed by atoms with van der Waals surface area (Å²) in [4.78, 5) is 2.02. The Morgan fingerprint density at radius 1 is 1.22 bits per heavy atom. The van der Waals surface area contributed by atoms with E-state index in [9.17, 15) is 8.42 Å². The number of likely N-dealkylation sites (N-methyl/N-ethyl adjacent to an activating group) is 1. The molecule has 0 radical (unpaired) electrons. The molecule has 0 saturated heterocycles. The van der Waals surface area contributed by atoms with E-state index in [0.29, 0.717) is 6.54 Å². The van der Waals surface area contributed by atoms with Crippen molar-refractivity contribution in [2.75, 3.05) is 20.6 Å². The van der Waals surface area contributed by atoms with Crippen molar-refractivity contribution in [1.82, 2.24) is 14.2 Å². The van der Waals surface area contributed by atoms with Gasteiger partial charge in [0.1, 0.15) is 0 Å². The van der Waals surface area contributed by atoms with Crippen LogP contribution in [0.2, 0.25) is 0 Å². The fourth-order valence-electron chi connectivity index (χ4n) is 2.65. The van der Waals surface area contributed by atoms with Crippen LogP contribution in [0.15, 0.2) is 42.6 Å². The zero-order chi connectivity index (χ0) is 17.0. The third kappa shape index (κ3) is 4.92. The van der Waals surface area contributed by atoms with Crippen molar-refractivity contribution < 1.29 is 8.42 Å². The van der Waals surface area contributed by atoms with Crippen LogP contribution in [0.5, 0.6) is 0 Å². The molecule has 0 aliphatic carbocycles. The van der Waals surface area contributed by atoms with Crippen LogP contribution < -0.4 is 4.72 Å². The summed E-state index contributed by atoms with van der Waals surface area (Å²) in [7, 11) is 2.50. The quantitative estimate of drug-likeness (QED) is 0.843. The Hall–Kier alpha value is -1.63. The minimum Gasteiger partial charge on any atom is -0.353 e. The maximum Gasteiger partial charge on any atom is 0.215 e. The zero-order valence-corrected chi connectivity index (χ0v) is 15.0. The van der Waals surface area contributed by atoms with Crippen LogP contribution in [0.1, 0.15) is 22.9 Å². The van der Waals surface area contributed by atoms with Gasteiger partial charge < -0.3 is 4.57 Å². The molecule has 5 nitrogen and oxygen atoms in total. The molecule has 0 bridgehead atoms. The molecule has 2 rings (SSSR count). The Morgan fingerprint density at radius 3 is 2.52 bits per heavy atom. The van der Waals surface area contributed by atoms with Crippen molar-refractivity contribution in [3.05, 3.63) is 59.4 Å². The van der Waals surface area contributed by atoms with Crippen molar-refractivity contribution in [2.24, 2.45) is 7.05 Å². The average Bonchev–Trinajstić information content (AvgIpc) is 2.84. The van der Waals surface area contributed by atoms with Gasteiger partial charge in [-0.3, -0.25) is 4.90 Å². The number of aryl methyl sites for hydroxylation is 2. The summed E-state index contributed by atoms with van der Waals surface area (Å²) < 4.78 is 29.5. The number of rotatable bonds is 7. The topological polar surface area (TPSA) is 54.3 Å². The lowest BCUT2D eigenvalue weighted by atomic mass is 10.2. The molecular formula is C17H25N3O2S. The highest BCUT2D eigenvalue weighted by molar-refractivity contribution is 7.88. The molecule has 23 heavy (non-hydrogen) atoms. The van der Waals surface area contributed by atoms with Crippen molar-refractivity contribution in [1.29, 1.82) is 0 Å². The van der Waals surface area contributed by atoms with Crippen molar-refractivity contribution in [2.45, 2.75) is 18.7 Å². The van der Waals surface area contributed by atoms with E-state index >= 15 is 0 Å². The molecule has 0 fully saturated rings. The van der Waals surface area contributed by atoms with Crippen LogP contribution in [0, 0.1) is 6.92 Å². The first-order valence-electron chi connectivity index (χ1n) is 7.59. The first-order chi connectivity index (χ1) is 10.8. The van der Waals surface area contributed by atoms with Crippen LogP contribution in [0.4, 0.5) is 0 Å². The Morgan fingerprint density at radius 2 is 1.96 bits per heavy atom. The molecule has 126 valence electrons. The van der Waals surface area contributed by atoms with Gasteiger partial charge in [-0.2, -0.15) is 0 Å². The first kappa shape index (κ1) is 17.7. The lowest BCUT2D eigenvalue weighted by molar-refractivity contribution is 0.289. The van der Waals surface area contributed by atoms with Crippen molar-refractivity contribution in [3.8, 4) is 0 Å². The standard InChI is InChI=1S/C17H25N3O2S/c1-14-7-5-8-15(11-14)13-23(21,22)18-12-17(19(2)3)16-9-6-10-20(16)4/h5-11,17-18H,12-13H2,1-4H3/t17-/m1/s1. The molecular weight excluding hydrogens is 310 g/mol. The van der Waals surface area contributed by atoms with Gasteiger partial charge in [0.05, 0.1) is 11.8 Å². The van der Waals surface area contributed by atoms with Gasteiger partial charge in [-0.1, -0.05) is 29.8 Å². The molecule has 1 aromatic carbocycles. The molecule has 0 spiro atoms. The maximum atomic E-state index is 12.4. The number of hydrogen-bond donors (Lipinski definition) is 1. The summed E-state index contributed by atoms with van der Waals surface area (Å²) >= 11 is 0. The lowest BCUT2D eigenvalue weighted by Crippen LogP contribution is -2.36. The van der Waals surface area contributed by atoms with E-state index < -0.39 is 10.0 Å². The molecule has 1 heterocycles. The van der Waals surface area contributed by atoms with Crippen molar-refractivity contribution >= 4 is 10.0 Å². The molecule has 0 amide bonds. The molecule has 2 aromatic rings. The third-order valence-electron chi connectivity index (χ3n) is 3.88. The van der Waals surface area contributed by atoms with E-state index in [0.717, 1.165) is 16.8 Å². The lowest BCUT2D eigenvalue weighted by Gasteiger charge is -2.25. The molecule has 1 aromatic heterocycles. The molecule has 0 unspecified atom stereocenters. The second-order valence-electron chi connectivity index (χ2n) is 6.12. The van der Waals surface area contributed by atoms with Crippen LogP contribution in [0.3, 0.4) is 0 Å². The van der Waals surface area contributed by atoms with Crippen LogP contribution in [-0.4, -0.2) is 38.5 Å². The van der Waals surface area contributed by atoms with Gasteiger partial charge in [0, 0.05) is 25.5 Å². The summed E-state index contributed by atoms with van der Waals surface area (Å²) in [5.41, 5.74) is 2.94. The minimum absolute atomic E-state index is 0.00195. The Labute approximate surface area is 139 Å². The predicted molar refractivity (Wildman–Crippen MR) is 93.6 cm³/mol. The molecule has 0 aliphatic rings. The number of nitrogens with one attached hydrogen (secondary N) is 1. The van der Waals surface area contributed by atoms with Gasteiger partial charge in [-0.15, -0.1) is 0 Å². The van der Waals surface area contributed by atoms with E-state index in [2.05, 4.69) is 4.72 Å². The smallest absolute Gasteiger partial charge is 0.215 e. The van der Waals surface area contributed by atoms with Crippen LogP contribution in [0.25, 0.3) is 0 Å². The van der Waals surface area contributed by atoms with Crippen molar-refractivity contribution in [3.63, 3.8) is 0 Å². The Kier molecular flexibility index (Phi) is 5.62. The second kappa shape index (κ2) is 7.29. The van der Waals surface area contributed by atoms with Gasteiger partial charge in [0.25, 0.3) is 0 Å². The number of aromatic nitrogens is 1. The first-order valence-corrected chi connectivity index (χ1v) is 9.24. The minimum atomic E-state index is -3.37. The fraction of sp³-hybridized carbons (Fsp3) is 0.412. The van der Waals surface area contributed by atoms with Gasteiger partial charge in [-0.05, 0) is 38.7 Å². The maximum absolute atomic E-state index is 12.4. The SMILES string of the molecule is Cc1cccc(CS(=O)(=O)NC[C@H](c2cccn2C)N(C)C)c1. The van der Waals surface area contributed by atoms with E-state index in [1.54, 1.807) is 0 Å². The van der Waals surface area contributed by atoms with Crippen LogP contribution in [-0.2, 0) is 22.8 Å². The highest BCUT2D eigenvalue weighted by atomic mass is 32.2. The normalized spacial score (nSPS) is 13.4. The third-order valence-corrected chi connectivity index (χ3v) is 5.20. The number of hydrogen-bond acceptors (Lipinski definition) is 3. The predicted octanol–water partition coefficient (Wildman–Crippen LogP) is 2.06. The van der Waals surface area contributed by atoms with Gasteiger partial charge in [0.2, 0.25) is 10.0 Å². The van der Waals surface area contributed by atoms with E-state index in [4.69, 9.17) is 0 Å². The number of nitrogens with zero attached hydrogens (tertiary/aromatic N) is 2. The van der Waals surface area contributed by atoms with E-state index in [-0.39, 0.29) is 11.8 Å². The van der Waals surface area contributed by atoms with Gasteiger partial charge in [-0.25, -0.2) is 13.1 Å². The summed E-state index contributed by atoms with van der Waals surface area (Å²) in [6.07, 6.45) is 1.97.